The molecule has 24 heavy (non-hydrogen) atoms. The second-order valence-electron chi connectivity index (χ2n) is 7.28. The molecule has 2 nitrogen and oxygen atoms in total. The quantitative estimate of drug-likeness (QED) is 0.627. The molecule has 1 aliphatic carbocycles. The lowest BCUT2D eigenvalue weighted by molar-refractivity contribution is -0.0141. The molecule has 0 fully saturated rings. The predicted molar refractivity (Wildman–Crippen MR) is 101 cm³/mol. The van der Waals surface area contributed by atoms with Gasteiger partial charge in [-0.2, -0.15) is 0 Å². The maximum Gasteiger partial charge on any atom is 0.115 e. The van der Waals surface area contributed by atoms with Crippen LogP contribution in [0.3, 0.4) is 0 Å². The van der Waals surface area contributed by atoms with E-state index in [9.17, 15) is 10.2 Å². The highest BCUT2D eigenvalue weighted by Crippen LogP contribution is 2.44. The van der Waals surface area contributed by atoms with Crippen molar-refractivity contribution in [2.24, 2.45) is 5.92 Å². The van der Waals surface area contributed by atoms with Crippen molar-refractivity contribution < 1.29 is 10.2 Å². The van der Waals surface area contributed by atoms with Crippen LogP contribution in [0.1, 0.15) is 83.3 Å². The van der Waals surface area contributed by atoms with E-state index >= 15 is 0 Å². The van der Waals surface area contributed by atoms with E-state index in [1.807, 2.05) is 6.07 Å². The van der Waals surface area contributed by atoms with Gasteiger partial charge in [0.2, 0.25) is 0 Å². The van der Waals surface area contributed by atoms with Gasteiger partial charge in [-0.05, 0) is 61.8 Å². The summed E-state index contributed by atoms with van der Waals surface area (Å²) in [4.78, 5) is 0. The van der Waals surface area contributed by atoms with Crippen LogP contribution in [0, 0.1) is 5.92 Å². The lowest BCUT2D eigenvalue weighted by Crippen LogP contribution is -2.37. The van der Waals surface area contributed by atoms with Crippen molar-refractivity contribution >= 4 is 0 Å². The average Bonchev–Trinajstić information content (AvgIpc) is 2.61. The molecule has 0 aliphatic heterocycles. The maximum atomic E-state index is 11.0. The summed E-state index contributed by atoms with van der Waals surface area (Å²) in [6.45, 7) is 8.58. The van der Waals surface area contributed by atoms with Crippen LogP contribution in [0.25, 0.3) is 0 Å². The van der Waals surface area contributed by atoms with Gasteiger partial charge in [-0.3, -0.25) is 0 Å². The first kappa shape index (κ1) is 19.1. The van der Waals surface area contributed by atoms with E-state index in [1.54, 1.807) is 6.07 Å². The van der Waals surface area contributed by atoms with Gasteiger partial charge in [0.15, 0.2) is 0 Å². The molecular weight excluding hydrogens is 296 g/mol. The molecule has 0 bridgehead atoms. The Bertz CT molecular complexity index is 569. The summed E-state index contributed by atoms with van der Waals surface area (Å²) in [5.41, 5.74) is 3.50. The summed E-state index contributed by atoms with van der Waals surface area (Å²) in [5.74, 6) is 1.01. The zero-order valence-electron chi connectivity index (χ0n) is 15.8. The van der Waals surface area contributed by atoms with Crippen LogP contribution < -0.4 is 0 Å². The van der Waals surface area contributed by atoms with Gasteiger partial charge in [0.25, 0.3) is 0 Å². The monoisotopic (exact) mass is 330 g/mol. The van der Waals surface area contributed by atoms with E-state index in [0.29, 0.717) is 11.7 Å². The van der Waals surface area contributed by atoms with Crippen LogP contribution in [0.5, 0.6) is 5.75 Å². The number of allylic oxidation sites excluding steroid dienone is 1. The maximum absolute atomic E-state index is 11.0. The molecule has 2 rings (SSSR count). The van der Waals surface area contributed by atoms with Gasteiger partial charge < -0.3 is 10.2 Å². The molecule has 0 spiro atoms. The van der Waals surface area contributed by atoms with E-state index in [2.05, 4.69) is 39.8 Å². The molecule has 0 saturated heterocycles. The number of rotatable bonds is 7. The zero-order chi connectivity index (χ0) is 17.7. The summed E-state index contributed by atoms with van der Waals surface area (Å²) in [6.07, 6.45) is 9.25. The Morgan fingerprint density at radius 1 is 1.08 bits per heavy atom. The Hall–Kier alpha value is -1.28. The van der Waals surface area contributed by atoms with Gasteiger partial charge in [0.05, 0.1) is 5.60 Å². The fourth-order valence-electron chi connectivity index (χ4n) is 4.32. The van der Waals surface area contributed by atoms with E-state index < -0.39 is 5.60 Å². The lowest BCUT2D eigenvalue weighted by Gasteiger charge is -2.39. The molecule has 0 aromatic heterocycles. The first-order valence-corrected chi connectivity index (χ1v) is 9.73. The highest BCUT2D eigenvalue weighted by molar-refractivity contribution is 5.42. The topological polar surface area (TPSA) is 40.5 Å². The highest BCUT2D eigenvalue weighted by atomic mass is 16.3. The Morgan fingerprint density at radius 3 is 2.38 bits per heavy atom. The number of benzene rings is 1. The Kier molecular flexibility index (Phi) is 6.51. The minimum Gasteiger partial charge on any atom is -0.508 e. The summed E-state index contributed by atoms with van der Waals surface area (Å²) >= 11 is 0. The standard InChI is InChI=1S/C22H34O2/c1-5-9-17-14-18(22(24,7-3)8-4)11-13-20(17)21-15-19(23)12-10-16(21)6-2/h10,12,14-15,18,20,23-24H,5-9,11,13H2,1-4H3. The van der Waals surface area contributed by atoms with Crippen molar-refractivity contribution in [1.29, 1.82) is 0 Å². The minimum absolute atomic E-state index is 0.257. The van der Waals surface area contributed by atoms with E-state index in [0.717, 1.165) is 44.9 Å². The predicted octanol–water partition coefficient (Wildman–Crippen LogP) is 5.73. The molecule has 0 radical (unpaired) electrons. The van der Waals surface area contributed by atoms with Crippen LogP contribution in [0.2, 0.25) is 0 Å². The molecule has 0 saturated carbocycles. The number of aryl methyl sites for hydroxylation is 1. The van der Waals surface area contributed by atoms with Crippen LogP contribution in [-0.2, 0) is 6.42 Å². The third kappa shape index (κ3) is 3.85. The van der Waals surface area contributed by atoms with Gasteiger partial charge in [0, 0.05) is 11.8 Å². The largest absolute Gasteiger partial charge is 0.508 e. The zero-order valence-corrected chi connectivity index (χ0v) is 15.8. The van der Waals surface area contributed by atoms with Crippen molar-refractivity contribution in [1.82, 2.24) is 0 Å². The third-order valence-corrected chi connectivity index (χ3v) is 5.97. The number of aliphatic hydroxyl groups is 1. The number of phenolic OH excluding ortho intramolecular Hbond substituents is 1. The Morgan fingerprint density at radius 2 is 1.79 bits per heavy atom. The summed E-state index contributed by atoms with van der Waals surface area (Å²) < 4.78 is 0. The first-order valence-electron chi connectivity index (χ1n) is 9.73. The Labute approximate surface area is 147 Å². The van der Waals surface area contributed by atoms with Crippen molar-refractivity contribution in [2.75, 3.05) is 0 Å². The molecule has 2 unspecified atom stereocenters. The molecule has 0 heterocycles. The fraction of sp³-hybridized carbons (Fsp3) is 0.636. The third-order valence-electron chi connectivity index (χ3n) is 5.97. The summed E-state index contributed by atoms with van der Waals surface area (Å²) in [6, 6.07) is 5.82. The first-order chi connectivity index (χ1) is 11.5. The number of aromatic hydroxyl groups is 1. The molecule has 2 heteroatoms. The van der Waals surface area contributed by atoms with Crippen molar-refractivity contribution in [3.63, 3.8) is 0 Å². The van der Waals surface area contributed by atoms with Crippen molar-refractivity contribution in [3.8, 4) is 5.75 Å². The normalized spacial score (nSPS) is 21.6. The number of hydrogen-bond acceptors (Lipinski definition) is 2. The molecule has 134 valence electrons. The second kappa shape index (κ2) is 8.20. The molecule has 2 N–H and O–H groups in total. The van der Waals surface area contributed by atoms with Crippen molar-refractivity contribution in [3.05, 3.63) is 41.0 Å². The highest BCUT2D eigenvalue weighted by Gasteiger charge is 2.36. The number of phenols is 1. The summed E-state index contributed by atoms with van der Waals surface area (Å²) in [5, 5.41) is 20.9. The molecule has 2 atom stereocenters. The van der Waals surface area contributed by atoms with E-state index in [4.69, 9.17) is 0 Å². The van der Waals surface area contributed by atoms with Crippen LogP contribution in [-0.4, -0.2) is 15.8 Å². The molecular formula is C22H34O2. The average molecular weight is 331 g/mol. The van der Waals surface area contributed by atoms with Gasteiger partial charge in [0.1, 0.15) is 5.75 Å². The summed E-state index contributed by atoms with van der Waals surface area (Å²) in [7, 11) is 0. The molecule has 1 aromatic carbocycles. The SMILES string of the molecule is CCCC1=CC(C(O)(CC)CC)CCC1c1cc(O)ccc1CC. The van der Waals surface area contributed by atoms with E-state index in [1.165, 1.54) is 16.7 Å². The minimum atomic E-state index is -0.573. The smallest absolute Gasteiger partial charge is 0.115 e. The fourth-order valence-corrected chi connectivity index (χ4v) is 4.32. The number of hydrogen-bond donors (Lipinski definition) is 2. The van der Waals surface area contributed by atoms with Crippen molar-refractivity contribution in [2.45, 2.75) is 84.2 Å². The van der Waals surface area contributed by atoms with Crippen LogP contribution in [0.4, 0.5) is 0 Å². The van der Waals surface area contributed by atoms with Crippen LogP contribution >= 0.6 is 0 Å². The van der Waals surface area contributed by atoms with Gasteiger partial charge in [-0.1, -0.05) is 51.8 Å². The molecule has 1 aromatic rings. The van der Waals surface area contributed by atoms with E-state index in [-0.39, 0.29) is 5.92 Å². The van der Waals surface area contributed by atoms with Gasteiger partial charge in [-0.15, -0.1) is 0 Å². The van der Waals surface area contributed by atoms with Crippen LogP contribution in [0.15, 0.2) is 29.8 Å². The molecule has 1 aliphatic rings. The second-order valence-corrected chi connectivity index (χ2v) is 7.28. The lowest BCUT2D eigenvalue weighted by atomic mass is 9.69. The molecule has 0 amide bonds. The van der Waals surface area contributed by atoms with Gasteiger partial charge >= 0.3 is 0 Å². The Balaban J connectivity index is 2.41. The van der Waals surface area contributed by atoms with Gasteiger partial charge in [-0.25, -0.2) is 0 Å².